The monoisotopic (exact) mass is 183 g/mol. The van der Waals surface area contributed by atoms with Crippen LogP contribution in [0.3, 0.4) is 0 Å². The first-order chi connectivity index (χ1) is 6.24. The Morgan fingerprint density at radius 3 is 2.92 bits per heavy atom. The van der Waals surface area contributed by atoms with Crippen molar-refractivity contribution in [2.45, 2.75) is 31.3 Å². The second-order valence-corrected chi connectivity index (χ2v) is 3.93. The average molecular weight is 183 g/mol. The number of likely N-dealkylation sites (N-methyl/N-ethyl adjacent to an activating group) is 1. The van der Waals surface area contributed by atoms with Gasteiger partial charge in [0.2, 0.25) is 5.91 Å². The number of nitrogens with one attached hydrogen (secondary N) is 1. The van der Waals surface area contributed by atoms with E-state index in [-0.39, 0.29) is 11.4 Å². The third-order valence-electron chi connectivity index (χ3n) is 3.46. The van der Waals surface area contributed by atoms with E-state index in [0.717, 1.165) is 25.9 Å². The van der Waals surface area contributed by atoms with Crippen molar-refractivity contribution in [3.05, 3.63) is 0 Å². The van der Waals surface area contributed by atoms with Gasteiger partial charge in [-0.3, -0.25) is 9.69 Å². The van der Waals surface area contributed by atoms with Crippen LogP contribution in [0.5, 0.6) is 0 Å². The summed E-state index contributed by atoms with van der Waals surface area (Å²) in [7, 11) is 0. The number of amides is 1. The van der Waals surface area contributed by atoms with Gasteiger partial charge in [-0.05, 0) is 19.4 Å². The second kappa shape index (κ2) is 2.96. The maximum atomic E-state index is 11.5. The molecule has 0 aromatic carbocycles. The van der Waals surface area contributed by atoms with Crippen molar-refractivity contribution in [1.82, 2.24) is 10.2 Å². The van der Waals surface area contributed by atoms with E-state index in [2.05, 4.69) is 17.1 Å². The first-order valence-electron chi connectivity index (χ1n) is 4.99. The van der Waals surface area contributed by atoms with E-state index in [1.165, 1.54) is 0 Å². The molecule has 2 fully saturated rings. The quantitative estimate of drug-likeness (QED) is 0.556. The van der Waals surface area contributed by atoms with Gasteiger partial charge >= 0.3 is 0 Å². The summed E-state index contributed by atoms with van der Waals surface area (Å²) in [6, 6.07) is 0.413. The number of likely N-dealkylation sites (tertiary alicyclic amines) is 1. The summed E-state index contributed by atoms with van der Waals surface area (Å²) in [4.78, 5) is 13.8. The lowest BCUT2D eigenvalue weighted by Crippen LogP contribution is -2.71. The molecule has 4 heteroatoms. The molecule has 0 saturated carbocycles. The molecule has 0 aromatic rings. The predicted octanol–water partition coefficient (Wildman–Crippen LogP) is -0.702. The maximum Gasteiger partial charge on any atom is 0.242 e. The first-order valence-corrected chi connectivity index (χ1v) is 4.99. The molecule has 74 valence electrons. The average Bonchev–Trinajstić information content (AvgIpc) is 2.55. The van der Waals surface area contributed by atoms with E-state index in [4.69, 9.17) is 5.73 Å². The first kappa shape index (κ1) is 8.97. The lowest BCUT2D eigenvalue weighted by Gasteiger charge is -2.45. The predicted molar refractivity (Wildman–Crippen MR) is 50.2 cm³/mol. The molecule has 2 atom stereocenters. The van der Waals surface area contributed by atoms with Crippen LogP contribution in [0, 0.1) is 0 Å². The summed E-state index contributed by atoms with van der Waals surface area (Å²) in [6.45, 7) is 4.51. The van der Waals surface area contributed by atoms with Crippen molar-refractivity contribution < 1.29 is 4.79 Å². The number of hydrogen-bond donors (Lipinski definition) is 2. The highest BCUT2D eigenvalue weighted by Gasteiger charge is 2.55. The number of nitrogens with two attached hydrogens (primary N) is 1. The van der Waals surface area contributed by atoms with Crippen LogP contribution in [0.2, 0.25) is 0 Å². The summed E-state index contributed by atoms with van der Waals surface area (Å²) in [5, 5.41) is 2.83. The number of nitrogens with zero attached hydrogens (tertiary/aromatic N) is 1. The van der Waals surface area contributed by atoms with E-state index < -0.39 is 0 Å². The van der Waals surface area contributed by atoms with Crippen LogP contribution in [0.1, 0.15) is 19.8 Å². The summed E-state index contributed by atoms with van der Waals surface area (Å²) >= 11 is 0. The van der Waals surface area contributed by atoms with Crippen molar-refractivity contribution in [2.24, 2.45) is 5.73 Å². The van der Waals surface area contributed by atoms with Crippen molar-refractivity contribution in [2.75, 3.05) is 19.6 Å². The Labute approximate surface area is 78.5 Å². The smallest absolute Gasteiger partial charge is 0.242 e. The number of carbonyl (C=O) groups excluding carboxylic acids is 1. The summed E-state index contributed by atoms with van der Waals surface area (Å²) in [5.41, 5.74) is 5.49. The molecule has 0 radical (unpaired) electrons. The Balaban J connectivity index is 2.17. The molecular weight excluding hydrogens is 166 g/mol. The van der Waals surface area contributed by atoms with Gasteiger partial charge in [0, 0.05) is 19.1 Å². The Morgan fingerprint density at radius 2 is 2.54 bits per heavy atom. The van der Waals surface area contributed by atoms with Crippen LogP contribution in [-0.2, 0) is 4.79 Å². The zero-order valence-electron chi connectivity index (χ0n) is 8.05. The topological polar surface area (TPSA) is 58.4 Å². The largest absolute Gasteiger partial charge is 0.352 e. The van der Waals surface area contributed by atoms with Gasteiger partial charge in [-0.25, -0.2) is 0 Å². The fourth-order valence-corrected chi connectivity index (χ4v) is 2.66. The molecule has 2 unspecified atom stereocenters. The molecule has 3 N–H and O–H groups in total. The molecular formula is C9H17N3O. The van der Waals surface area contributed by atoms with Crippen LogP contribution in [0.25, 0.3) is 0 Å². The highest BCUT2D eigenvalue weighted by atomic mass is 16.2. The SMILES string of the molecule is CCN1C(CN)CCC12CNC2=O. The minimum Gasteiger partial charge on any atom is -0.352 e. The van der Waals surface area contributed by atoms with Gasteiger partial charge < -0.3 is 11.1 Å². The van der Waals surface area contributed by atoms with Gasteiger partial charge in [0.25, 0.3) is 0 Å². The minimum atomic E-state index is -0.182. The lowest BCUT2D eigenvalue weighted by molar-refractivity contribution is -0.141. The number of carbonyl (C=O) groups is 1. The van der Waals surface area contributed by atoms with E-state index in [1.54, 1.807) is 0 Å². The zero-order chi connectivity index (χ0) is 9.47. The van der Waals surface area contributed by atoms with Gasteiger partial charge in [0.1, 0.15) is 5.54 Å². The van der Waals surface area contributed by atoms with Gasteiger partial charge in [0.15, 0.2) is 0 Å². The minimum absolute atomic E-state index is 0.182. The van der Waals surface area contributed by atoms with E-state index in [0.29, 0.717) is 12.6 Å². The molecule has 2 saturated heterocycles. The van der Waals surface area contributed by atoms with Crippen molar-refractivity contribution in [3.8, 4) is 0 Å². The van der Waals surface area contributed by atoms with Gasteiger partial charge in [0.05, 0.1) is 0 Å². The summed E-state index contributed by atoms with van der Waals surface area (Å²) in [6.07, 6.45) is 2.05. The van der Waals surface area contributed by atoms with Gasteiger partial charge in [-0.15, -0.1) is 0 Å². The number of β-lactam (4-membered cyclic amide) rings is 1. The fraction of sp³-hybridized carbons (Fsp3) is 0.889. The normalized spacial score (nSPS) is 39.2. The number of hydrogen-bond acceptors (Lipinski definition) is 3. The standard InChI is InChI=1S/C9H17N3O/c1-2-12-7(5-10)3-4-9(12)6-11-8(9)13/h7H,2-6,10H2,1H3,(H,11,13). The fourth-order valence-electron chi connectivity index (χ4n) is 2.66. The van der Waals surface area contributed by atoms with Gasteiger partial charge in [-0.2, -0.15) is 0 Å². The van der Waals surface area contributed by atoms with E-state index in [1.807, 2.05) is 0 Å². The molecule has 1 amide bonds. The third-order valence-corrected chi connectivity index (χ3v) is 3.46. The Hall–Kier alpha value is -0.610. The molecule has 2 aliphatic heterocycles. The third kappa shape index (κ3) is 1.02. The van der Waals surface area contributed by atoms with Crippen molar-refractivity contribution in [1.29, 1.82) is 0 Å². The molecule has 0 bridgehead atoms. The number of rotatable bonds is 2. The lowest BCUT2D eigenvalue weighted by atomic mass is 9.88. The van der Waals surface area contributed by atoms with E-state index in [9.17, 15) is 4.79 Å². The molecule has 13 heavy (non-hydrogen) atoms. The molecule has 2 rings (SSSR count). The van der Waals surface area contributed by atoms with Crippen LogP contribution < -0.4 is 11.1 Å². The highest BCUT2D eigenvalue weighted by Crippen LogP contribution is 2.36. The van der Waals surface area contributed by atoms with Crippen LogP contribution in [0.4, 0.5) is 0 Å². The van der Waals surface area contributed by atoms with Crippen LogP contribution in [-0.4, -0.2) is 42.0 Å². The maximum absolute atomic E-state index is 11.5. The van der Waals surface area contributed by atoms with Crippen LogP contribution >= 0.6 is 0 Å². The van der Waals surface area contributed by atoms with Crippen molar-refractivity contribution >= 4 is 5.91 Å². The Kier molecular flexibility index (Phi) is 2.04. The van der Waals surface area contributed by atoms with Crippen LogP contribution in [0.15, 0.2) is 0 Å². The summed E-state index contributed by atoms with van der Waals surface area (Å²) < 4.78 is 0. The zero-order valence-corrected chi connectivity index (χ0v) is 8.05. The molecule has 2 aliphatic rings. The molecule has 1 spiro atoms. The summed E-state index contributed by atoms with van der Waals surface area (Å²) in [5.74, 6) is 0.199. The van der Waals surface area contributed by atoms with Crippen molar-refractivity contribution in [3.63, 3.8) is 0 Å². The highest BCUT2D eigenvalue weighted by molar-refractivity contribution is 5.93. The molecule has 4 nitrogen and oxygen atoms in total. The molecule has 0 aromatic heterocycles. The Bertz CT molecular complexity index is 231. The van der Waals surface area contributed by atoms with E-state index >= 15 is 0 Å². The molecule has 2 heterocycles. The second-order valence-electron chi connectivity index (χ2n) is 3.93. The van der Waals surface area contributed by atoms with Gasteiger partial charge in [-0.1, -0.05) is 6.92 Å². The molecule has 0 aliphatic carbocycles. The Morgan fingerprint density at radius 1 is 1.77 bits per heavy atom.